The molecule has 0 aliphatic rings. The number of hydrogen-bond donors (Lipinski definition) is 1. The van der Waals surface area contributed by atoms with Crippen molar-refractivity contribution in [2.45, 2.75) is 51.3 Å². The highest BCUT2D eigenvalue weighted by atomic mass is 32.2. The number of oxazole rings is 1. The number of aryl methyl sites for hydroxylation is 3. The predicted molar refractivity (Wildman–Crippen MR) is 87.8 cm³/mol. The SMILES string of the molecule is Cc1cc(Sc2nc(C)c(C)o2)ccc1CNCC(C)C. The molecule has 0 unspecified atom stereocenters. The summed E-state index contributed by atoms with van der Waals surface area (Å²) < 4.78 is 5.62. The standard InChI is InChI=1S/C17H24N2OS/c1-11(2)9-18-10-15-6-7-16(8-12(15)3)21-17-19-13(4)14(5)20-17/h6-8,11,18H,9-10H2,1-5H3. The molecule has 0 saturated carbocycles. The second kappa shape index (κ2) is 7.14. The van der Waals surface area contributed by atoms with Crippen LogP contribution in [-0.4, -0.2) is 11.5 Å². The highest BCUT2D eigenvalue weighted by Crippen LogP contribution is 2.29. The molecule has 1 heterocycles. The fourth-order valence-electron chi connectivity index (χ4n) is 2.01. The molecular formula is C17H24N2OS. The summed E-state index contributed by atoms with van der Waals surface area (Å²) in [4.78, 5) is 5.58. The lowest BCUT2D eigenvalue weighted by molar-refractivity contribution is 0.431. The van der Waals surface area contributed by atoms with Crippen molar-refractivity contribution in [2.75, 3.05) is 6.54 Å². The molecule has 1 N–H and O–H groups in total. The number of nitrogens with one attached hydrogen (secondary N) is 1. The van der Waals surface area contributed by atoms with E-state index in [-0.39, 0.29) is 0 Å². The third-order valence-corrected chi connectivity index (χ3v) is 4.24. The van der Waals surface area contributed by atoms with E-state index in [2.05, 4.69) is 49.3 Å². The normalized spacial score (nSPS) is 11.3. The topological polar surface area (TPSA) is 38.1 Å². The number of nitrogens with zero attached hydrogens (tertiary/aromatic N) is 1. The van der Waals surface area contributed by atoms with Crippen LogP contribution in [0.3, 0.4) is 0 Å². The van der Waals surface area contributed by atoms with Gasteiger partial charge in [0.1, 0.15) is 5.76 Å². The molecule has 4 heteroatoms. The van der Waals surface area contributed by atoms with Crippen LogP contribution >= 0.6 is 11.8 Å². The summed E-state index contributed by atoms with van der Waals surface area (Å²) in [5.74, 6) is 1.57. The van der Waals surface area contributed by atoms with E-state index in [1.54, 1.807) is 11.8 Å². The smallest absolute Gasteiger partial charge is 0.260 e. The van der Waals surface area contributed by atoms with Gasteiger partial charge in [0.05, 0.1) is 5.69 Å². The van der Waals surface area contributed by atoms with Crippen LogP contribution in [0.1, 0.15) is 36.4 Å². The molecule has 0 amide bonds. The van der Waals surface area contributed by atoms with Crippen molar-refractivity contribution in [3.8, 4) is 0 Å². The Morgan fingerprint density at radius 3 is 2.57 bits per heavy atom. The number of benzene rings is 1. The van der Waals surface area contributed by atoms with Crippen LogP contribution < -0.4 is 5.32 Å². The van der Waals surface area contributed by atoms with Crippen molar-refractivity contribution < 1.29 is 4.42 Å². The Kier molecular flexibility index (Phi) is 5.48. The van der Waals surface area contributed by atoms with Crippen LogP contribution in [-0.2, 0) is 6.54 Å². The Bertz CT molecular complexity index is 585. The molecule has 0 radical (unpaired) electrons. The van der Waals surface area contributed by atoms with Gasteiger partial charge in [0.25, 0.3) is 5.22 Å². The fourth-order valence-corrected chi connectivity index (χ4v) is 2.94. The average molecular weight is 304 g/mol. The van der Waals surface area contributed by atoms with Gasteiger partial charge in [-0.25, -0.2) is 4.98 Å². The maximum atomic E-state index is 5.62. The van der Waals surface area contributed by atoms with Crippen molar-refractivity contribution in [1.29, 1.82) is 0 Å². The molecule has 114 valence electrons. The molecule has 0 fully saturated rings. The Morgan fingerprint density at radius 2 is 2.00 bits per heavy atom. The Labute approximate surface area is 131 Å². The van der Waals surface area contributed by atoms with E-state index in [4.69, 9.17) is 4.42 Å². The first-order chi connectivity index (χ1) is 9.95. The van der Waals surface area contributed by atoms with Gasteiger partial charge in [-0.1, -0.05) is 19.9 Å². The van der Waals surface area contributed by atoms with Crippen LogP contribution in [0.25, 0.3) is 0 Å². The molecular weight excluding hydrogens is 280 g/mol. The lowest BCUT2D eigenvalue weighted by Crippen LogP contribution is -2.19. The van der Waals surface area contributed by atoms with E-state index in [0.29, 0.717) is 5.92 Å². The van der Waals surface area contributed by atoms with Gasteiger partial charge >= 0.3 is 0 Å². The molecule has 1 aromatic carbocycles. The van der Waals surface area contributed by atoms with Crippen molar-refractivity contribution in [1.82, 2.24) is 10.3 Å². The molecule has 2 aromatic rings. The molecule has 0 aliphatic heterocycles. The lowest BCUT2D eigenvalue weighted by atomic mass is 10.1. The first-order valence-electron chi connectivity index (χ1n) is 7.38. The van der Waals surface area contributed by atoms with Gasteiger partial charge in [0, 0.05) is 11.4 Å². The summed E-state index contributed by atoms with van der Waals surface area (Å²) in [6.45, 7) is 12.5. The van der Waals surface area contributed by atoms with Crippen LogP contribution in [0.5, 0.6) is 0 Å². The number of rotatable bonds is 6. The van der Waals surface area contributed by atoms with Crippen LogP contribution in [0.2, 0.25) is 0 Å². The summed E-state index contributed by atoms with van der Waals surface area (Å²) in [5, 5.41) is 4.20. The van der Waals surface area contributed by atoms with Gasteiger partial charge < -0.3 is 9.73 Å². The van der Waals surface area contributed by atoms with Crippen molar-refractivity contribution in [2.24, 2.45) is 5.92 Å². The van der Waals surface area contributed by atoms with Crippen LogP contribution in [0.15, 0.2) is 32.7 Å². The maximum Gasteiger partial charge on any atom is 0.260 e. The summed E-state index contributed by atoms with van der Waals surface area (Å²) in [7, 11) is 0. The second-order valence-electron chi connectivity index (χ2n) is 5.84. The molecule has 0 bridgehead atoms. The molecule has 0 saturated heterocycles. The van der Waals surface area contributed by atoms with Gasteiger partial charge in [-0.05, 0) is 68.3 Å². The zero-order valence-corrected chi connectivity index (χ0v) is 14.3. The van der Waals surface area contributed by atoms with Crippen LogP contribution in [0, 0.1) is 26.7 Å². The van der Waals surface area contributed by atoms with Gasteiger partial charge in [0.15, 0.2) is 0 Å². The summed E-state index contributed by atoms with van der Waals surface area (Å²) in [5.41, 5.74) is 3.61. The third kappa shape index (κ3) is 4.61. The van der Waals surface area contributed by atoms with Gasteiger partial charge in [-0.15, -0.1) is 0 Å². The van der Waals surface area contributed by atoms with Crippen molar-refractivity contribution >= 4 is 11.8 Å². The highest BCUT2D eigenvalue weighted by Gasteiger charge is 2.08. The second-order valence-corrected chi connectivity index (χ2v) is 6.86. The summed E-state index contributed by atoms with van der Waals surface area (Å²) in [6, 6.07) is 6.53. The molecule has 3 nitrogen and oxygen atoms in total. The van der Waals surface area contributed by atoms with E-state index < -0.39 is 0 Å². The monoisotopic (exact) mass is 304 g/mol. The Hall–Kier alpha value is -1.26. The van der Waals surface area contributed by atoms with E-state index in [1.807, 2.05) is 13.8 Å². The first kappa shape index (κ1) is 16.1. The Morgan fingerprint density at radius 1 is 1.24 bits per heavy atom. The average Bonchev–Trinajstić information content (AvgIpc) is 2.70. The summed E-state index contributed by atoms with van der Waals surface area (Å²) >= 11 is 1.58. The molecule has 0 spiro atoms. The lowest BCUT2D eigenvalue weighted by Gasteiger charge is -2.10. The molecule has 0 aliphatic carbocycles. The van der Waals surface area contributed by atoms with Gasteiger partial charge in [-0.2, -0.15) is 0 Å². The molecule has 21 heavy (non-hydrogen) atoms. The largest absolute Gasteiger partial charge is 0.436 e. The quantitative estimate of drug-likeness (QED) is 0.853. The Balaban J connectivity index is 2.01. The maximum absolute atomic E-state index is 5.62. The molecule has 1 aromatic heterocycles. The van der Waals surface area contributed by atoms with Crippen molar-refractivity contribution in [3.05, 3.63) is 40.8 Å². The zero-order valence-electron chi connectivity index (χ0n) is 13.5. The number of hydrogen-bond acceptors (Lipinski definition) is 4. The molecule has 2 rings (SSSR count). The fraction of sp³-hybridized carbons (Fsp3) is 0.471. The highest BCUT2D eigenvalue weighted by molar-refractivity contribution is 7.99. The van der Waals surface area contributed by atoms with E-state index >= 15 is 0 Å². The first-order valence-corrected chi connectivity index (χ1v) is 8.19. The number of aromatic nitrogens is 1. The third-order valence-electron chi connectivity index (χ3n) is 3.40. The van der Waals surface area contributed by atoms with Crippen LogP contribution in [0.4, 0.5) is 0 Å². The van der Waals surface area contributed by atoms with Crippen molar-refractivity contribution in [3.63, 3.8) is 0 Å². The summed E-state index contributed by atoms with van der Waals surface area (Å²) in [6.07, 6.45) is 0. The molecule has 0 atom stereocenters. The van der Waals surface area contributed by atoms with Gasteiger partial charge in [0.2, 0.25) is 0 Å². The zero-order chi connectivity index (χ0) is 15.4. The van der Waals surface area contributed by atoms with E-state index in [9.17, 15) is 0 Å². The van der Waals surface area contributed by atoms with E-state index in [1.165, 1.54) is 16.0 Å². The minimum absolute atomic E-state index is 0.677. The minimum Gasteiger partial charge on any atom is -0.436 e. The van der Waals surface area contributed by atoms with E-state index in [0.717, 1.165) is 29.8 Å². The predicted octanol–water partition coefficient (Wildman–Crippen LogP) is 4.50. The van der Waals surface area contributed by atoms with Gasteiger partial charge in [-0.3, -0.25) is 0 Å². The minimum atomic E-state index is 0.677.